The Morgan fingerprint density at radius 1 is 0.893 bits per heavy atom. The Hall–Kier alpha value is -3.64. The third-order valence-electron chi connectivity index (χ3n) is 4.89. The summed E-state index contributed by atoms with van der Waals surface area (Å²) in [5.74, 6) is -0.615. The Morgan fingerprint density at radius 3 is 1.96 bits per heavy atom. The van der Waals surface area contributed by atoms with Gasteiger partial charge < -0.3 is 4.74 Å². The summed E-state index contributed by atoms with van der Waals surface area (Å²) in [6, 6.07) is 22.0. The van der Waals surface area contributed by atoms with Crippen LogP contribution in [-0.4, -0.2) is 24.3 Å². The summed E-state index contributed by atoms with van der Waals surface area (Å²) >= 11 is 0. The first-order valence-corrected chi connectivity index (χ1v) is 8.77. The molecule has 0 fully saturated rings. The average molecular weight is 374 g/mol. The van der Waals surface area contributed by atoms with Gasteiger partial charge in [0.05, 0.1) is 0 Å². The molecule has 0 aromatic heterocycles. The number of carbonyl (C=O) groups is 2. The third-order valence-corrected chi connectivity index (χ3v) is 4.89. The van der Waals surface area contributed by atoms with Crippen LogP contribution < -0.4 is 10.4 Å². The van der Waals surface area contributed by atoms with Crippen molar-refractivity contribution in [2.45, 2.75) is 6.10 Å². The number of benzene rings is 3. The second-order valence-corrected chi connectivity index (χ2v) is 6.49. The average Bonchev–Trinajstić information content (AvgIpc) is 3.06. The molecule has 2 amide bonds. The molecule has 0 saturated heterocycles. The lowest BCUT2D eigenvalue weighted by Gasteiger charge is -2.21. The van der Waals surface area contributed by atoms with Gasteiger partial charge in [-0.3, -0.25) is 14.9 Å². The molecular weight excluding hydrogens is 356 g/mol. The smallest absolute Gasteiger partial charge is 0.414 e. The highest BCUT2D eigenvalue weighted by Gasteiger charge is 2.32. The molecule has 28 heavy (non-hydrogen) atoms. The van der Waals surface area contributed by atoms with Crippen LogP contribution in [0.3, 0.4) is 0 Å². The molecule has 3 aromatic rings. The number of amides is 2. The van der Waals surface area contributed by atoms with Crippen LogP contribution in [0.15, 0.2) is 72.8 Å². The fourth-order valence-electron chi connectivity index (χ4n) is 3.42. The molecule has 0 radical (unpaired) electrons. The van der Waals surface area contributed by atoms with Crippen molar-refractivity contribution in [1.82, 2.24) is 5.48 Å². The van der Waals surface area contributed by atoms with Crippen molar-refractivity contribution >= 4 is 17.7 Å². The van der Waals surface area contributed by atoms with Gasteiger partial charge in [-0.15, -0.1) is 0 Å². The van der Waals surface area contributed by atoms with E-state index in [9.17, 15) is 9.59 Å². The van der Waals surface area contributed by atoms with Crippen molar-refractivity contribution in [2.75, 3.05) is 11.9 Å². The van der Waals surface area contributed by atoms with Crippen molar-refractivity contribution < 1.29 is 19.5 Å². The molecule has 0 spiro atoms. The number of nitrogens with one attached hydrogen (secondary N) is 1. The molecular formula is C22H18N2O4. The van der Waals surface area contributed by atoms with Crippen molar-refractivity contribution in [3.63, 3.8) is 0 Å². The topological polar surface area (TPSA) is 78.9 Å². The second-order valence-electron chi connectivity index (χ2n) is 6.49. The van der Waals surface area contributed by atoms with Gasteiger partial charge >= 0.3 is 6.09 Å². The van der Waals surface area contributed by atoms with Crippen LogP contribution in [-0.2, 0) is 4.74 Å². The minimum atomic E-state index is -0.615. The Labute approximate surface area is 161 Å². The summed E-state index contributed by atoms with van der Waals surface area (Å²) < 4.78 is 5.85. The highest BCUT2D eigenvalue weighted by atomic mass is 16.6. The zero-order valence-corrected chi connectivity index (χ0v) is 15.1. The number of nitrogens with zero attached hydrogens (tertiary/aromatic N) is 1. The summed E-state index contributed by atoms with van der Waals surface area (Å²) in [5.41, 5.74) is 6.48. The van der Waals surface area contributed by atoms with E-state index >= 15 is 0 Å². The molecule has 4 rings (SSSR count). The minimum Gasteiger partial charge on any atom is -0.436 e. The minimum absolute atomic E-state index is 0.284. The van der Waals surface area contributed by atoms with Crippen molar-refractivity contribution in [3.8, 4) is 11.1 Å². The molecule has 6 nitrogen and oxygen atoms in total. The fourth-order valence-corrected chi connectivity index (χ4v) is 3.42. The van der Waals surface area contributed by atoms with Crippen LogP contribution in [0.25, 0.3) is 11.1 Å². The molecule has 1 aliphatic rings. The van der Waals surface area contributed by atoms with Gasteiger partial charge in [-0.2, -0.15) is 0 Å². The number of hydrogen-bond acceptors (Lipinski definition) is 4. The van der Waals surface area contributed by atoms with Gasteiger partial charge in [0, 0.05) is 29.4 Å². The summed E-state index contributed by atoms with van der Waals surface area (Å²) in [4.78, 5) is 25.6. The van der Waals surface area contributed by atoms with Gasteiger partial charge in [-0.25, -0.2) is 10.3 Å². The van der Waals surface area contributed by atoms with E-state index < -0.39 is 18.1 Å². The molecule has 0 heterocycles. The number of anilines is 1. The standard InChI is InChI=1S/C22H18N2O4/c1-24(15-12-10-14(11-13-15)21(25)23-27)22(26)28-20-18-8-4-2-6-16(18)17-7-3-5-9-19(17)20/h2-13,20,27H,1H3,(H,23,25). The summed E-state index contributed by atoms with van der Waals surface area (Å²) in [7, 11) is 1.61. The van der Waals surface area contributed by atoms with Gasteiger partial charge in [0.2, 0.25) is 0 Å². The number of ether oxygens (including phenoxy) is 1. The van der Waals surface area contributed by atoms with Crippen LogP contribution in [0.5, 0.6) is 0 Å². The van der Waals surface area contributed by atoms with Gasteiger partial charge in [-0.05, 0) is 35.4 Å². The zero-order chi connectivity index (χ0) is 19.7. The molecule has 2 N–H and O–H groups in total. The number of fused-ring (bicyclic) bond motifs is 3. The Kier molecular flexibility index (Phi) is 4.55. The van der Waals surface area contributed by atoms with E-state index in [-0.39, 0.29) is 5.56 Å². The molecule has 6 heteroatoms. The lowest BCUT2D eigenvalue weighted by Crippen LogP contribution is -2.28. The van der Waals surface area contributed by atoms with Crippen LogP contribution in [0.2, 0.25) is 0 Å². The molecule has 1 aliphatic carbocycles. The van der Waals surface area contributed by atoms with Crippen LogP contribution in [0, 0.1) is 0 Å². The van der Waals surface area contributed by atoms with Gasteiger partial charge in [0.25, 0.3) is 5.91 Å². The first-order chi connectivity index (χ1) is 13.6. The molecule has 0 atom stereocenters. The summed E-state index contributed by atoms with van der Waals surface area (Å²) in [6.07, 6.45) is -0.974. The predicted molar refractivity (Wildman–Crippen MR) is 104 cm³/mol. The van der Waals surface area contributed by atoms with E-state index in [2.05, 4.69) is 0 Å². The second kappa shape index (κ2) is 7.17. The number of hydroxylamine groups is 1. The Morgan fingerprint density at radius 2 is 1.43 bits per heavy atom. The van der Waals surface area contributed by atoms with E-state index in [1.165, 1.54) is 17.0 Å². The molecule has 0 bridgehead atoms. The maximum Gasteiger partial charge on any atom is 0.414 e. The quantitative estimate of drug-likeness (QED) is 0.533. The first-order valence-electron chi connectivity index (χ1n) is 8.77. The number of rotatable bonds is 3. The van der Waals surface area contributed by atoms with Crippen LogP contribution >= 0.6 is 0 Å². The fraction of sp³-hybridized carbons (Fsp3) is 0.0909. The van der Waals surface area contributed by atoms with Crippen molar-refractivity contribution in [3.05, 3.63) is 89.5 Å². The van der Waals surface area contributed by atoms with E-state index in [0.717, 1.165) is 22.3 Å². The van der Waals surface area contributed by atoms with Crippen molar-refractivity contribution in [2.24, 2.45) is 0 Å². The number of carbonyl (C=O) groups excluding carboxylic acids is 2. The Balaban J connectivity index is 1.57. The van der Waals surface area contributed by atoms with Crippen molar-refractivity contribution in [1.29, 1.82) is 0 Å². The maximum absolute atomic E-state index is 12.8. The molecule has 3 aromatic carbocycles. The molecule has 0 aliphatic heterocycles. The summed E-state index contributed by atoms with van der Waals surface area (Å²) in [6.45, 7) is 0. The third kappa shape index (κ3) is 3.00. The van der Waals surface area contributed by atoms with Gasteiger partial charge in [-0.1, -0.05) is 48.5 Å². The SMILES string of the molecule is CN(C(=O)OC1c2ccccc2-c2ccccc21)c1ccc(C(=O)NO)cc1. The molecule has 0 unspecified atom stereocenters. The van der Waals surface area contributed by atoms with E-state index in [1.807, 2.05) is 48.5 Å². The van der Waals surface area contributed by atoms with Crippen LogP contribution in [0.4, 0.5) is 10.5 Å². The van der Waals surface area contributed by atoms with Gasteiger partial charge in [0.15, 0.2) is 6.10 Å². The summed E-state index contributed by atoms with van der Waals surface area (Å²) in [5, 5.41) is 8.69. The normalized spacial score (nSPS) is 12.1. The largest absolute Gasteiger partial charge is 0.436 e. The van der Waals surface area contributed by atoms with E-state index in [0.29, 0.717) is 5.69 Å². The zero-order valence-electron chi connectivity index (χ0n) is 15.1. The lowest BCUT2D eigenvalue weighted by atomic mass is 10.1. The van der Waals surface area contributed by atoms with Gasteiger partial charge in [0.1, 0.15) is 0 Å². The Bertz CT molecular complexity index is 1000. The monoisotopic (exact) mass is 374 g/mol. The van der Waals surface area contributed by atoms with E-state index in [1.54, 1.807) is 24.7 Å². The highest BCUT2D eigenvalue weighted by Crippen LogP contribution is 2.45. The molecule has 0 saturated carbocycles. The highest BCUT2D eigenvalue weighted by molar-refractivity contribution is 5.94. The predicted octanol–water partition coefficient (Wildman–Crippen LogP) is 4.15. The maximum atomic E-state index is 12.8. The number of hydrogen-bond donors (Lipinski definition) is 2. The van der Waals surface area contributed by atoms with Crippen LogP contribution in [0.1, 0.15) is 27.6 Å². The molecule has 140 valence electrons. The lowest BCUT2D eigenvalue weighted by molar-refractivity contribution is 0.0706. The first kappa shape index (κ1) is 17.8. The van der Waals surface area contributed by atoms with E-state index in [4.69, 9.17) is 9.94 Å².